The average Bonchev–Trinajstić information content (AvgIpc) is 3.27. The van der Waals surface area contributed by atoms with Crippen molar-refractivity contribution >= 4 is 17.2 Å². The van der Waals surface area contributed by atoms with Crippen LogP contribution in [0.4, 0.5) is 0 Å². The van der Waals surface area contributed by atoms with Crippen LogP contribution in [0, 0.1) is 0 Å². The second-order valence-corrected chi connectivity index (χ2v) is 7.93. The number of benzene rings is 2. The van der Waals surface area contributed by atoms with Crippen molar-refractivity contribution < 1.29 is 4.79 Å². The first-order chi connectivity index (χ1) is 13.7. The standard InChI is InChI=1S/C24H28N2OS/c1-3-4-6-18-8-12-20(13-9-18)23(22-7-5-16-28-22)26-17-19-10-14-21(15-11-19)24(27)25-2/h5,7-16,23,26H,3-4,6,17H2,1-2H3,(H,25,27). The van der Waals surface area contributed by atoms with Crippen molar-refractivity contribution in [2.24, 2.45) is 0 Å². The van der Waals surface area contributed by atoms with Crippen molar-refractivity contribution in [1.29, 1.82) is 0 Å². The molecule has 28 heavy (non-hydrogen) atoms. The third kappa shape index (κ3) is 5.31. The van der Waals surface area contributed by atoms with E-state index in [1.54, 1.807) is 18.4 Å². The first-order valence-electron chi connectivity index (χ1n) is 9.88. The number of nitrogens with one attached hydrogen (secondary N) is 2. The van der Waals surface area contributed by atoms with Crippen LogP contribution in [0.1, 0.15) is 57.7 Å². The summed E-state index contributed by atoms with van der Waals surface area (Å²) in [5, 5.41) is 8.47. The minimum Gasteiger partial charge on any atom is -0.355 e. The zero-order valence-electron chi connectivity index (χ0n) is 16.6. The van der Waals surface area contributed by atoms with Crippen LogP contribution >= 0.6 is 11.3 Å². The molecule has 0 radical (unpaired) electrons. The fraction of sp³-hybridized carbons (Fsp3) is 0.292. The van der Waals surface area contributed by atoms with Gasteiger partial charge in [0.1, 0.15) is 0 Å². The largest absolute Gasteiger partial charge is 0.355 e. The molecule has 0 saturated carbocycles. The lowest BCUT2D eigenvalue weighted by Gasteiger charge is -2.19. The Bertz CT molecular complexity index is 855. The molecule has 3 nitrogen and oxygen atoms in total. The van der Waals surface area contributed by atoms with E-state index in [0.717, 1.165) is 18.5 Å². The maximum absolute atomic E-state index is 11.7. The molecule has 1 atom stereocenters. The highest BCUT2D eigenvalue weighted by Crippen LogP contribution is 2.27. The molecule has 1 amide bonds. The number of carbonyl (C=O) groups excluding carboxylic acids is 1. The maximum atomic E-state index is 11.7. The van der Waals surface area contributed by atoms with Gasteiger partial charge in [0.2, 0.25) is 0 Å². The molecule has 0 fully saturated rings. The summed E-state index contributed by atoms with van der Waals surface area (Å²) in [6.45, 7) is 2.97. The SMILES string of the molecule is CCCCc1ccc(C(NCc2ccc(C(=O)NC)cc2)c2cccs2)cc1. The van der Waals surface area contributed by atoms with Crippen molar-refractivity contribution in [2.75, 3.05) is 7.05 Å². The van der Waals surface area contributed by atoms with Gasteiger partial charge in [-0.05, 0) is 53.1 Å². The number of unbranched alkanes of at least 4 members (excludes halogenated alkanes) is 1. The van der Waals surface area contributed by atoms with Gasteiger partial charge in [0.25, 0.3) is 5.91 Å². The third-order valence-corrected chi connectivity index (χ3v) is 5.85. The summed E-state index contributed by atoms with van der Waals surface area (Å²) < 4.78 is 0. The zero-order chi connectivity index (χ0) is 19.8. The maximum Gasteiger partial charge on any atom is 0.251 e. The van der Waals surface area contributed by atoms with Gasteiger partial charge in [0, 0.05) is 24.0 Å². The lowest BCUT2D eigenvalue weighted by Crippen LogP contribution is -2.21. The van der Waals surface area contributed by atoms with Gasteiger partial charge in [-0.2, -0.15) is 0 Å². The Balaban J connectivity index is 1.72. The smallest absolute Gasteiger partial charge is 0.251 e. The summed E-state index contributed by atoms with van der Waals surface area (Å²) in [6.07, 6.45) is 3.60. The van der Waals surface area contributed by atoms with E-state index in [-0.39, 0.29) is 11.9 Å². The highest BCUT2D eigenvalue weighted by molar-refractivity contribution is 7.10. The highest BCUT2D eigenvalue weighted by Gasteiger charge is 2.15. The molecule has 0 aliphatic rings. The molecule has 0 aliphatic heterocycles. The van der Waals surface area contributed by atoms with Gasteiger partial charge in [-0.15, -0.1) is 11.3 Å². The summed E-state index contributed by atoms with van der Waals surface area (Å²) in [5.74, 6) is -0.0564. The Kier molecular flexibility index (Phi) is 7.40. The van der Waals surface area contributed by atoms with E-state index in [0.29, 0.717) is 5.56 Å². The molecule has 2 aromatic carbocycles. The van der Waals surface area contributed by atoms with Crippen LogP contribution in [0.2, 0.25) is 0 Å². The van der Waals surface area contributed by atoms with Crippen LogP contribution in [0.5, 0.6) is 0 Å². The van der Waals surface area contributed by atoms with Crippen LogP contribution in [0.25, 0.3) is 0 Å². The van der Waals surface area contributed by atoms with Crippen molar-refractivity contribution in [3.05, 3.63) is 93.2 Å². The van der Waals surface area contributed by atoms with Gasteiger partial charge >= 0.3 is 0 Å². The number of thiophene rings is 1. The molecule has 1 heterocycles. The number of hydrogen-bond acceptors (Lipinski definition) is 3. The van der Waals surface area contributed by atoms with Crippen LogP contribution in [0.15, 0.2) is 66.0 Å². The van der Waals surface area contributed by atoms with Gasteiger partial charge in [0.05, 0.1) is 6.04 Å². The van der Waals surface area contributed by atoms with Crippen LogP contribution in [-0.2, 0) is 13.0 Å². The second-order valence-electron chi connectivity index (χ2n) is 6.95. The first-order valence-corrected chi connectivity index (χ1v) is 10.8. The van der Waals surface area contributed by atoms with Gasteiger partial charge in [-0.3, -0.25) is 4.79 Å². The van der Waals surface area contributed by atoms with Gasteiger partial charge < -0.3 is 10.6 Å². The zero-order valence-corrected chi connectivity index (χ0v) is 17.4. The molecule has 146 valence electrons. The molecule has 0 saturated heterocycles. The summed E-state index contributed by atoms with van der Waals surface area (Å²) >= 11 is 1.77. The van der Waals surface area contributed by atoms with Crippen molar-refractivity contribution in [2.45, 2.75) is 38.8 Å². The fourth-order valence-electron chi connectivity index (χ4n) is 3.23. The molecule has 1 aromatic heterocycles. The van der Waals surface area contributed by atoms with Crippen LogP contribution < -0.4 is 10.6 Å². The molecule has 0 bridgehead atoms. The second kappa shape index (κ2) is 10.2. The molecule has 2 N–H and O–H groups in total. The molecule has 1 unspecified atom stereocenters. The number of carbonyl (C=O) groups is 1. The molecule has 4 heteroatoms. The van der Waals surface area contributed by atoms with Crippen molar-refractivity contribution in [3.8, 4) is 0 Å². The predicted octanol–water partition coefficient (Wildman–Crippen LogP) is 5.33. The van der Waals surface area contributed by atoms with Crippen LogP contribution in [-0.4, -0.2) is 13.0 Å². The first kappa shape index (κ1) is 20.3. The van der Waals surface area contributed by atoms with Gasteiger partial charge in [-0.1, -0.05) is 55.8 Å². The fourth-order valence-corrected chi connectivity index (χ4v) is 4.06. The topological polar surface area (TPSA) is 41.1 Å². The minimum absolute atomic E-state index is 0.0564. The molecule has 3 rings (SSSR count). The molecular weight excluding hydrogens is 364 g/mol. The Hall–Kier alpha value is -2.43. The highest BCUT2D eigenvalue weighted by atomic mass is 32.1. The van der Waals surface area contributed by atoms with E-state index in [9.17, 15) is 4.79 Å². The van der Waals surface area contributed by atoms with Gasteiger partial charge in [-0.25, -0.2) is 0 Å². The van der Waals surface area contributed by atoms with Crippen LogP contribution in [0.3, 0.4) is 0 Å². The van der Waals surface area contributed by atoms with E-state index in [1.807, 2.05) is 24.3 Å². The molecule has 0 aliphatic carbocycles. The quantitative estimate of drug-likeness (QED) is 0.517. The van der Waals surface area contributed by atoms with Crippen molar-refractivity contribution in [3.63, 3.8) is 0 Å². The minimum atomic E-state index is -0.0564. The Morgan fingerprint density at radius 1 is 1.00 bits per heavy atom. The lowest BCUT2D eigenvalue weighted by atomic mass is 10.0. The number of amides is 1. The van der Waals surface area contributed by atoms with E-state index < -0.39 is 0 Å². The summed E-state index contributed by atoms with van der Waals surface area (Å²) in [7, 11) is 1.65. The predicted molar refractivity (Wildman–Crippen MR) is 118 cm³/mol. The van der Waals surface area contributed by atoms with Gasteiger partial charge in [0.15, 0.2) is 0 Å². The summed E-state index contributed by atoms with van der Waals surface area (Å²) in [6, 6.07) is 21.2. The third-order valence-electron chi connectivity index (χ3n) is 4.91. The molecular formula is C24H28N2OS. The Morgan fingerprint density at radius 2 is 1.71 bits per heavy atom. The van der Waals surface area contributed by atoms with E-state index in [2.05, 4.69) is 59.3 Å². The number of rotatable bonds is 9. The summed E-state index contributed by atoms with van der Waals surface area (Å²) in [5.41, 5.74) is 4.53. The van der Waals surface area contributed by atoms with Crippen molar-refractivity contribution in [1.82, 2.24) is 10.6 Å². The Labute approximate surface area is 171 Å². The van der Waals surface area contributed by atoms with E-state index in [1.165, 1.54) is 28.8 Å². The summed E-state index contributed by atoms with van der Waals surface area (Å²) in [4.78, 5) is 13.0. The van der Waals surface area contributed by atoms with E-state index in [4.69, 9.17) is 0 Å². The lowest BCUT2D eigenvalue weighted by molar-refractivity contribution is 0.0963. The monoisotopic (exact) mass is 392 g/mol. The average molecular weight is 393 g/mol. The number of aryl methyl sites for hydroxylation is 1. The molecule has 0 spiro atoms. The molecule has 3 aromatic rings. The number of hydrogen-bond donors (Lipinski definition) is 2. The normalized spacial score (nSPS) is 11.9. The Morgan fingerprint density at radius 3 is 2.32 bits per heavy atom. The van der Waals surface area contributed by atoms with E-state index >= 15 is 0 Å².